The Morgan fingerprint density at radius 3 is 2.47 bits per heavy atom. The number of carbonyl (C=O) groups excluding carboxylic acids is 3. The summed E-state index contributed by atoms with van der Waals surface area (Å²) in [5.74, 6) is -1.49. The molecule has 1 aliphatic rings. The van der Waals surface area contributed by atoms with E-state index in [0.29, 0.717) is 26.2 Å². The van der Waals surface area contributed by atoms with E-state index in [1.165, 1.54) is 4.90 Å². The van der Waals surface area contributed by atoms with Gasteiger partial charge in [0, 0.05) is 31.7 Å². The van der Waals surface area contributed by atoms with Crippen LogP contribution >= 0.6 is 11.5 Å². The lowest BCUT2D eigenvalue weighted by molar-refractivity contribution is -0.126. The Morgan fingerprint density at radius 2 is 1.93 bits per heavy atom. The molecule has 168 valence electrons. The van der Waals surface area contributed by atoms with E-state index < -0.39 is 23.4 Å². The topological polar surface area (TPSA) is 144 Å². The van der Waals surface area contributed by atoms with E-state index in [2.05, 4.69) is 14.6 Å². The maximum absolute atomic E-state index is 13.2. The van der Waals surface area contributed by atoms with Crippen LogP contribution in [0.15, 0.2) is 0 Å². The van der Waals surface area contributed by atoms with Crippen LogP contribution in [0.25, 0.3) is 0 Å². The molecule has 1 aromatic rings. The number of hydrogen-bond donors (Lipinski definition) is 3. The second-order valence-corrected chi connectivity index (χ2v) is 9.13. The Hall–Kier alpha value is -2.24. The predicted octanol–water partition coefficient (Wildman–Crippen LogP) is 0.292. The van der Waals surface area contributed by atoms with Crippen molar-refractivity contribution in [3.8, 4) is 0 Å². The smallest absolute Gasteiger partial charge is 0.270 e. The lowest BCUT2D eigenvalue weighted by Crippen LogP contribution is -2.53. The van der Waals surface area contributed by atoms with Gasteiger partial charge in [0.1, 0.15) is 10.9 Å². The number of nitrogens with two attached hydrogens (primary N) is 2. The molecule has 5 N–H and O–H groups in total. The quantitative estimate of drug-likeness (QED) is 0.527. The highest BCUT2D eigenvalue weighted by Gasteiger charge is 2.32. The second kappa shape index (κ2) is 10.2. The van der Waals surface area contributed by atoms with Gasteiger partial charge in [-0.05, 0) is 45.6 Å². The lowest BCUT2D eigenvalue weighted by Gasteiger charge is -2.32. The van der Waals surface area contributed by atoms with Gasteiger partial charge in [0.15, 0.2) is 5.69 Å². The van der Waals surface area contributed by atoms with Crippen molar-refractivity contribution >= 4 is 34.9 Å². The normalized spacial score (nSPS) is 16.1. The van der Waals surface area contributed by atoms with Crippen molar-refractivity contribution in [2.24, 2.45) is 5.73 Å². The number of carbonyl (C=O) groups is 3. The number of hydrogen-bond acceptors (Lipinski definition) is 8. The number of primary amides is 1. The number of rotatable bonds is 8. The van der Waals surface area contributed by atoms with Crippen molar-refractivity contribution < 1.29 is 19.1 Å². The molecule has 0 radical (unpaired) electrons. The Kier molecular flexibility index (Phi) is 8.16. The third kappa shape index (κ3) is 6.38. The zero-order valence-corrected chi connectivity index (χ0v) is 18.9. The highest BCUT2D eigenvalue weighted by molar-refractivity contribution is 7.09. The van der Waals surface area contributed by atoms with E-state index in [0.717, 1.165) is 31.2 Å². The monoisotopic (exact) mass is 440 g/mol. The fraction of sp³-hybridized carbons (Fsp3) is 0.684. The fourth-order valence-electron chi connectivity index (χ4n) is 3.14. The van der Waals surface area contributed by atoms with Gasteiger partial charge in [-0.3, -0.25) is 19.3 Å². The molecule has 2 rings (SSSR count). The Balaban J connectivity index is 2.17. The molecule has 1 fully saturated rings. The number of amides is 3. The number of nitrogens with one attached hydrogen (secondary N) is 1. The van der Waals surface area contributed by atoms with Gasteiger partial charge in [0.2, 0.25) is 5.91 Å². The molecule has 2 heterocycles. The van der Waals surface area contributed by atoms with Crippen LogP contribution in [-0.4, -0.2) is 82.9 Å². The summed E-state index contributed by atoms with van der Waals surface area (Å²) in [6.45, 7) is 11.5. The van der Waals surface area contributed by atoms with Crippen molar-refractivity contribution in [1.29, 1.82) is 0 Å². The van der Waals surface area contributed by atoms with E-state index in [1.54, 1.807) is 6.92 Å². The van der Waals surface area contributed by atoms with Crippen LogP contribution in [-0.2, 0) is 9.53 Å². The largest absolute Gasteiger partial charge is 0.395 e. The van der Waals surface area contributed by atoms with Gasteiger partial charge in [-0.2, -0.15) is 4.37 Å². The number of nitrogen functional groups attached to an aromatic ring is 1. The molecular weight excluding hydrogens is 408 g/mol. The lowest BCUT2D eigenvalue weighted by atomic mass is 10.1. The Morgan fingerprint density at radius 1 is 1.30 bits per heavy atom. The molecule has 0 aliphatic carbocycles. The molecule has 0 aromatic carbocycles. The number of anilines is 1. The molecule has 1 unspecified atom stereocenters. The molecule has 11 heteroatoms. The van der Waals surface area contributed by atoms with Crippen molar-refractivity contribution in [2.45, 2.75) is 45.7 Å². The van der Waals surface area contributed by atoms with Crippen LogP contribution in [0.5, 0.6) is 0 Å². The molecule has 0 bridgehead atoms. The van der Waals surface area contributed by atoms with Crippen LogP contribution in [0, 0.1) is 0 Å². The molecule has 10 nitrogen and oxygen atoms in total. The van der Waals surface area contributed by atoms with E-state index in [1.807, 2.05) is 20.8 Å². The van der Waals surface area contributed by atoms with Crippen LogP contribution in [0.4, 0.5) is 5.69 Å². The van der Waals surface area contributed by atoms with Crippen LogP contribution < -0.4 is 16.8 Å². The van der Waals surface area contributed by atoms with Gasteiger partial charge in [0.05, 0.1) is 18.9 Å². The minimum Gasteiger partial charge on any atom is -0.395 e. The third-order valence-corrected chi connectivity index (χ3v) is 5.59. The fourth-order valence-corrected chi connectivity index (χ4v) is 3.90. The van der Waals surface area contributed by atoms with Crippen molar-refractivity contribution in [3.63, 3.8) is 0 Å². The average Bonchev–Trinajstić information content (AvgIpc) is 3.05. The zero-order valence-electron chi connectivity index (χ0n) is 18.1. The van der Waals surface area contributed by atoms with Gasteiger partial charge in [-0.15, -0.1) is 0 Å². The maximum Gasteiger partial charge on any atom is 0.270 e. The molecule has 1 atom stereocenters. The number of aromatic nitrogens is 1. The summed E-state index contributed by atoms with van der Waals surface area (Å²) in [5, 5.41) is 2.91. The van der Waals surface area contributed by atoms with E-state index in [9.17, 15) is 14.4 Å². The Labute approximate surface area is 181 Å². The SMILES string of the molecule is CC(C(=O)NC(C)(C)C)N(CCCN1CCOCC1)C(=O)c1snc(C(N)=O)c1N. The molecule has 0 saturated carbocycles. The average molecular weight is 441 g/mol. The minimum atomic E-state index is -0.791. The summed E-state index contributed by atoms with van der Waals surface area (Å²) < 4.78 is 9.27. The van der Waals surface area contributed by atoms with E-state index in [-0.39, 0.29) is 22.2 Å². The molecule has 3 amide bonds. The van der Waals surface area contributed by atoms with Gasteiger partial charge >= 0.3 is 0 Å². The van der Waals surface area contributed by atoms with E-state index >= 15 is 0 Å². The molecular formula is C19H32N6O4S. The summed E-state index contributed by atoms with van der Waals surface area (Å²) in [6.07, 6.45) is 0.681. The van der Waals surface area contributed by atoms with Crippen LogP contribution in [0.3, 0.4) is 0 Å². The summed E-state index contributed by atoms with van der Waals surface area (Å²) in [5.41, 5.74) is 10.6. The zero-order chi connectivity index (χ0) is 22.5. The van der Waals surface area contributed by atoms with Crippen molar-refractivity contribution in [3.05, 3.63) is 10.6 Å². The number of nitrogens with zero attached hydrogens (tertiary/aromatic N) is 3. The van der Waals surface area contributed by atoms with Gasteiger partial charge in [0.25, 0.3) is 11.8 Å². The summed E-state index contributed by atoms with van der Waals surface area (Å²) in [7, 11) is 0. The first kappa shape index (κ1) is 24.0. The molecule has 1 aliphatic heterocycles. The summed E-state index contributed by atoms with van der Waals surface area (Å²) >= 11 is 0.819. The highest BCUT2D eigenvalue weighted by Crippen LogP contribution is 2.24. The molecule has 30 heavy (non-hydrogen) atoms. The highest BCUT2D eigenvalue weighted by atomic mass is 32.1. The molecule has 1 saturated heterocycles. The number of morpholine rings is 1. The summed E-state index contributed by atoms with van der Waals surface area (Å²) in [4.78, 5) is 41.3. The van der Waals surface area contributed by atoms with Crippen LogP contribution in [0.2, 0.25) is 0 Å². The first-order valence-corrected chi connectivity index (χ1v) is 10.8. The Bertz CT molecular complexity index is 770. The van der Waals surface area contributed by atoms with Crippen molar-refractivity contribution in [2.75, 3.05) is 45.1 Å². The standard InChI is InChI=1S/C19H32N6O4S/c1-12(17(27)22-19(2,3)4)25(7-5-6-24-8-10-29-11-9-24)18(28)15-13(20)14(16(21)26)23-30-15/h12H,5-11,20H2,1-4H3,(H2,21,26)(H,22,27). The minimum absolute atomic E-state index is 0.0425. The van der Waals surface area contributed by atoms with Gasteiger partial charge < -0.3 is 26.4 Å². The van der Waals surface area contributed by atoms with Crippen molar-refractivity contribution in [1.82, 2.24) is 19.5 Å². The third-order valence-electron chi connectivity index (χ3n) is 4.74. The first-order chi connectivity index (χ1) is 14.0. The van der Waals surface area contributed by atoms with Gasteiger partial charge in [-0.25, -0.2) is 0 Å². The summed E-state index contributed by atoms with van der Waals surface area (Å²) in [6, 6.07) is -0.722. The predicted molar refractivity (Wildman–Crippen MR) is 115 cm³/mol. The second-order valence-electron chi connectivity index (χ2n) is 8.36. The molecule has 0 spiro atoms. The van der Waals surface area contributed by atoms with Gasteiger partial charge in [-0.1, -0.05) is 0 Å². The van der Waals surface area contributed by atoms with E-state index in [4.69, 9.17) is 16.2 Å². The first-order valence-electron chi connectivity index (χ1n) is 9.99. The number of ether oxygens (including phenoxy) is 1. The molecule has 1 aromatic heterocycles. The maximum atomic E-state index is 13.2. The van der Waals surface area contributed by atoms with Crippen LogP contribution in [0.1, 0.15) is 54.3 Å².